The van der Waals surface area contributed by atoms with Gasteiger partial charge in [-0.15, -0.1) is 0 Å². The van der Waals surface area contributed by atoms with Crippen LogP contribution in [0.4, 0.5) is 5.69 Å². The molecule has 0 radical (unpaired) electrons. The van der Waals surface area contributed by atoms with Crippen LogP contribution >= 0.6 is 0 Å². The van der Waals surface area contributed by atoms with E-state index in [4.69, 9.17) is 0 Å². The fourth-order valence-electron chi connectivity index (χ4n) is 1.62. The monoisotopic (exact) mass is 206 g/mol. The highest BCUT2D eigenvalue weighted by atomic mass is 15.1. The van der Waals surface area contributed by atoms with Gasteiger partial charge < -0.3 is 9.80 Å². The maximum atomic E-state index is 2.25. The van der Waals surface area contributed by atoms with Crippen LogP contribution < -0.4 is 4.90 Å². The van der Waals surface area contributed by atoms with Crippen molar-refractivity contribution in [3.63, 3.8) is 0 Å². The van der Waals surface area contributed by atoms with E-state index in [0.29, 0.717) is 0 Å². The van der Waals surface area contributed by atoms with Crippen molar-refractivity contribution in [2.24, 2.45) is 0 Å². The van der Waals surface area contributed by atoms with E-state index in [-0.39, 0.29) is 5.54 Å². The van der Waals surface area contributed by atoms with Gasteiger partial charge in [-0.1, -0.05) is 18.2 Å². The highest BCUT2D eigenvalue weighted by molar-refractivity contribution is 5.55. The van der Waals surface area contributed by atoms with Crippen LogP contribution in [0.2, 0.25) is 0 Å². The number of para-hydroxylation sites is 1. The summed E-state index contributed by atoms with van der Waals surface area (Å²) >= 11 is 0. The Morgan fingerprint density at radius 2 is 1.47 bits per heavy atom. The highest BCUT2D eigenvalue weighted by Crippen LogP contribution is 2.32. The lowest BCUT2D eigenvalue weighted by molar-refractivity contribution is 0.198. The number of hydrogen-bond donors (Lipinski definition) is 0. The molecule has 1 rings (SSSR count). The van der Waals surface area contributed by atoms with Gasteiger partial charge >= 0.3 is 0 Å². The average molecular weight is 206 g/mol. The molecule has 0 unspecified atom stereocenters. The molecule has 0 aromatic heterocycles. The van der Waals surface area contributed by atoms with Crippen molar-refractivity contribution >= 4 is 5.69 Å². The molecule has 0 fully saturated rings. The number of anilines is 1. The quantitative estimate of drug-likeness (QED) is 0.750. The summed E-state index contributed by atoms with van der Waals surface area (Å²) in [6.45, 7) is 4.49. The molecule has 1 aromatic carbocycles. The summed E-state index contributed by atoms with van der Waals surface area (Å²) in [6, 6.07) is 8.56. The van der Waals surface area contributed by atoms with Gasteiger partial charge in [0, 0.05) is 25.3 Å². The van der Waals surface area contributed by atoms with E-state index < -0.39 is 0 Å². The van der Waals surface area contributed by atoms with E-state index in [9.17, 15) is 0 Å². The number of nitrogens with zero attached hydrogens (tertiary/aromatic N) is 2. The molecule has 2 heteroatoms. The minimum atomic E-state index is 0.0564. The van der Waals surface area contributed by atoms with Gasteiger partial charge in [-0.05, 0) is 39.6 Å². The van der Waals surface area contributed by atoms with E-state index in [1.165, 1.54) is 11.3 Å². The van der Waals surface area contributed by atoms with Crippen LogP contribution in [0, 0.1) is 0 Å². The van der Waals surface area contributed by atoms with Crippen LogP contribution in [0.5, 0.6) is 0 Å². The number of benzene rings is 1. The van der Waals surface area contributed by atoms with Crippen LogP contribution in [0.25, 0.3) is 0 Å². The molecule has 0 saturated heterocycles. The maximum Gasteiger partial charge on any atom is 0.0418 e. The first-order valence-electron chi connectivity index (χ1n) is 5.31. The van der Waals surface area contributed by atoms with Gasteiger partial charge in [0.05, 0.1) is 0 Å². The Bertz CT molecular complexity index is 327. The summed E-state index contributed by atoms with van der Waals surface area (Å²) in [4.78, 5) is 4.41. The normalized spacial score (nSPS) is 11.9. The van der Waals surface area contributed by atoms with E-state index in [2.05, 4.69) is 76.1 Å². The van der Waals surface area contributed by atoms with Crippen molar-refractivity contribution in [3.8, 4) is 0 Å². The molecule has 0 heterocycles. The Balaban J connectivity index is 3.24. The minimum Gasteiger partial charge on any atom is -0.377 e. The summed E-state index contributed by atoms with van der Waals surface area (Å²) < 4.78 is 0. The lowest BCUT2D eigenvalue weighted by Gasteiger charge is -2.36. The van der Waals surface area contributed by atoms with Crippen LogP contribution in [0.15, 0.2) is 24.3 Å². The van der Waals surface area contributed by atoms with Crippen molar-refractivity contribution in [1.29, 1.82) is 0 Å². The third kappa shape index (κ3) is 2.32. The molecule has 0 amide bonds. The fraction of sp³-hybridized carbons (Fsp3) is 0.538. The Hall–Kier alpha value is -1.02. The first-order chi connectivity index (χ1) is 6.87. The van der Waals surface area contributed by atoms with Crippen LogP contribution in [0.1, 0.15) is 19.4 Å². The molecule has 15 heavy (non-hydrogen) atoms. The Labute approximate surface area is 93.5 Å². The molecular weight excluding hydrogens is 184 g/mol. The third-order valence-electron chi connectivity index (χ3n) is 3.16. The molecule has 0 aliphatic rings. The zero-order valence-electron chi connectivity index (χ0n) is 10.7. The summed E-state index contributed by atoms with van der Waals surface area (Å²) in [5.74, 6) is 0. The molecule has 0 saturated carbocycles. The number of hydrogen-bond acceptors (Lipinski definition) is 2. The van der Waals surface area contributed by atoms with Gasteiger partial charge in [0.2, 0.25) is 0 Å². The number of rotatable bonds is 3. The second-order valence-corrected chi connectivity index (χ2v) is 4.87. The minimum absolute atomic E-state index is 0.0564. The van der Waals surface area contributed by atoms with Crippen LogP contribution in [-0.2, 0) is 5.54 Å². The standard InChI is InChI=1S/C13H22N2/c1-13(2,15(5)6)11-9-7-8-10-12(11)14(3)4/h7-10H,1-6H3. The smallest absolute Gasteiger partial charge is 0.0418 e. The third-order valence-corrected chi connectivity index (χ3v) is 3.16. The van der Waals surface area contributed by atoms with Crippen molar-refractivity contribution in [2.75, 3.05) is 33.1 Å². The molecule has 2 nitrogen and oxygen atoms in total. The Morgan fingerprint density at radius 3 is 1.93 bits per heavy atom. The largest absolute Gasteiger partial charge is 0.377 e. The molecule has 0 atom stereocenters. The molecule has 1 aromatic rings. The van der Waals surface area contributed by atoms with E-state index in [1.54, 1.807) is 0 Å². The first-order valence-corrected chi connectivity index (χ1v) is 5.31. The molecule has 0 aliphatic heterocycles. The zero-order valence-corrected chi connectivity index (χ0v) is 10.7. The molecule has 0 bridgehead atoms. The molecule has 0 N–H and O–H groups in total. The van der Waals surface area contributed by atoms with Crippen LogP contribution in [0.3, 0.4) is 0 Å². The zero-order chi connectivity index (χ0) is 11.6. The Kier molecular flexibility index (Phi) is 3.40. The molecule has 0 aliphatic carbocycles. The van der Waals surface area contributed by atoms with Gasteiger partial charge in [0.25, 0.3) is 0 Å². The topological polar surface area (TPSA) is 6.48 Å². The van der Waals surface area contributed by atoms with E-state index in [1.807, 2.05) is 0 Å². The molecular formula is C13H22N2. The van der Waals surface area contributed by atoms with E-state index >= 15 is 0 Å². The lowest BCUT2D eigenvalue weighted by atomic mass is 9.91. The summed E-state index contributed by atoms with van der Waals surface area (Å²) in [6.07, 6.45) is 0. The van der Waals surface area contributed by atoms with Crippen molar-refractivity contribution in [1.82, 2.24) is 4.90 Å². The summed E-state index contributed by atoms with van der Waals surface area (Å²) in [5.41, 5.74) is 2.71. The van der Waals surface area contributed by atoms with Crippen LogP contribution in [-0.4, -0.2) is 33.1 Å². The Morgan fingerprint density at radius 1 is 0.933 bits per heavy atom. The average Bonchev–Trinajstić information content (AvgIpc) is 2.17. The van der Waals surface area contributed by atoms with Gasteiger partial charge in [-0.3, -0.25) is 0 Å². The summed E-state index contributed by atoms with van der Waals surface area (Å²) in [5, 5.41) is 0. The molecule has 84 valence electrons. The van der Waals surface area contributed by atoms with Crippen molar-refractivity contribution in [2.45, 2.75) is 19.4 Å². The fourth-order valence-corrected chi connectivity index (χ4v) is 1.62. The van der Waals surface area contributed by atoms with Gasteiger partial charge in [0.1, 0.15) is 0 Å². The van der Waals surface area contributed by atoms with Gasteiger partial charge in [-0.25, -0.2) is 0 Å². The highest BCUT2D eigenvalue weighted by Gasteiger charge is 2.25. The molecule has 0 spiro atoms. The predicted octanol–water partition coefficient (Wildman–Crippen LogP) is 2.55. The second-order valence-electron chi connectivity index (χ2n) is 4.87. The maximum absolute atomic E-state index is 2.25. The predicted molar refractivity (Wildman–Crippen MR) is 67.5 cm³/mol. The first kappa shape index (κ1) is 12.1. The SMILES string of the molecule is CN(C)c1ccccc1C(C)(C)N(C)C. The lowest BCUT2D eigenvalue weighted by Crippen LogP contribution is -2.36. The summed E-state index contributed by atoms with van der Waals surface area (Å²) in [7, 11) is 8.41. The van der Waals surface area contributed by atoms with Crippen molar-refractivity contribution < 1.29 is 0 Å². The van der Waals surface area contributed by atoms with E-state index in [0.717, 1.165) is 0 Å². The van der Waals surface area contributed by atoms with Gasteiger partial charge in [0.15, 0.2) is 0 Å². The second kappa shape index (κ2) is 4.23. The van der Waals surface area contributed by atoms with Crippen molar-refractivity contribution in [3.05, 3.63) is 29.8 Å². The van der Waals surface area contributed by atoms with Gasteiger partial charge in [-0.2, -0.15) is 0 Å².